The van der Waals surface area contributed by atoms with Crippen LogP contribution in [0.25, 0.3) is 0 Å². The first-order valence-electron chi connectivity index (χ1n) is 10.8. The third-order valence-corrected chi connectivity index (χ3v) is 4.42. The van der Waals surface area contributed by atoms with Crippen molar-refractivity contribution in [1.29, 1.82) is 0 Å². The molecule has 4 heteroatoms. The lowest BCUT2D eigenvalue weighted by molar-refractivity contribution is -0.122. The Morgan fingerprint density at radius 1 is 0.615 bits per heavy atom. The van der Waals surface area contributed by atoms with Gasteiger partial charge in [0, 0.05) is 25.6 Å². The van der Waals surface area contributed by atoms with Crippen molar-refractivity contribution in [3.63, 3.8) is 0 Å². The summed E-state index contributed by atoms with van der Waals surface area (Å²) < 4.78 is 16.6. The van der Waals surface area contributed by atoms with Crippen molar-refractivity contribution in [2.45, 2.75) is 85.5 Å². The van der Waals surface area contributed by atoms with Crippen LogP contribution in [0.1, 0.15) is 85.5 Å². The molecule has 0 amide bonds. The van der Waals surface area contributed by atoms with Crippen molar-refractivity contribution in [1.82, 2.24) is 0 Å². The summed E-state index contributed by atoms with van der Waals surface area (Å²) in [6.07, 6.45) is 10.2. The van der Waals surface area contributed by atoms with Gasteiger partial charge in [0.05, 0.1) is 26.4 Å². The minimum Gasteiger partial charge on any atom is -0.379 e. The van der Waals surface area contributed by atoms with E-state index >= 15 is 0 Å². The van der Waals surface area contributed by atoms with Crippen molar-refractivity contribution in [3.05, 3.63) is 0 Å². The molecule has 0 spiro atoms. The van der Waals surface area contributed by atoms with E-state index in [0.717, 1.165) is 44.8 Å². The normalized spacial score (nSPS) is 11.6. The highest BCUT2D eigenvalue weighted by Crippen LogP contribution is 2.09. The molecule has 0 fully saturated rings. The number of hydrogen-bond donors (Lipinski definition) is 0. The van der Waals surface area contributed by atoms with Crippen molar-refractivity contribution in [2.75, 3.05) is 39.6 Å². The molecule has 0 aliphatic carbocycles. The molecule has 0 heterocycles. The molecular formula is C22H44O4. The van der Waals surface area contributed by atoms with Crippen LogP contribution in [0.2, 0.25) is 0 Å². The van der Waals surface area contributed by atoms with E-state index in [0.29, 0.717) is 38.6 Å². The van der Waals surface area contributed by atoms with Crippen LogP contribution >= 0.6 is 0 Å². The summed E-state index contributed by atoms with van der Waals surface area (Å²) >= 11 is 0. The number of carbonyl (C=O) groups is 1. The van der Waals surface area contributed by atoms with E-state index in [9.17, 15) is 4.79 Å². The van der Waals surface area contributed by atoms with Crippen LogP contribution in [-0.4, -0.2) is 45.4 Å². The highest BCUT2D eigenvalue weighted by Gasteiger charge is 2.05. The molecule has 0 aromatic carbocycles. The molecule has 0 aliphatic heterocycles. The fourth-order valence-electron chi connectivity index (χ4n) is 2.62. The Morgan fingerprint density at radius 2 is 1.08 bits per heavy atom. The minimum absolute atomic E-state index is 0.169. The van der Waals surface area contributed by atoms with Gasteiger partial charge in [-0.25, -0.2) is 0 Å². The number of ketones is 1. The van der Waals surface area contributed by atoms with Gasteiger partial charge in [-0.05, 0) is 25.2 Å². The van der Waals surface area contributed by atoms with Crippen LogP contribution in [-0.2, 0) is 19.0 Å². The lowest BCUT2D eigenvalue weighted by atomic mass is 10.0. The van der Waals surface area contributed by atoms with Crippen LogP contribution < -0.4 is 0 Å². The quantitative estimate of drug-likeness (QED) is 0.267. The maximum Gasteiger partial charge on any atom is 0.135 e. The maximum absolute atomic E-state index is 11.5. The van der Waals surface area contributed by atoms with Gasteiger partial charge in [-0.15, -0.1) is 0 Å². The van der Waals surface area contributed by atoms with Gasteiger partial charge in [-0.1, -0.05) is 59.8 Å². The first-order valence-corrected chi connectivity index (χ1v) is 10.8. The topological polar surface area (TPSA) is 44.8 Å². The number of carbonyl (C=O) groups excluding carboxylic acids is 1. The Bertz CT molecular complexity index is 303. The van der Waals surface area contributed by atoms with E-state index in [1.807, 2.05) is 13.8 Å². The van der Waals surface area contributed by atoms with E-state index in [1.54, 1.807) is 0 Å². The maximum atomic E-state index is 11.5. The second-order valence-electron chi connectivity index (χ2n) is 7.87. The van der Waals surface area contributed by atoms with Gasteiger partial charge in [-0.2, -0.15) is 0 Å². The second kappa shape index (κ2) is 19.3. The average molecular weight is 373 g/mol. The smallest absolute Gasteiger partial charge is 0.135 e. The zero-order chi connectivity index (χ0) is 19.5. The lowest BCUT2D eigenvalue weighted by Gasteiger charge is -2.07. The molecule has 0 atom stereocenters. The van der Waals surface area contributed by atoms with Gasteiger partial charge in [0.1, 0.15) is 5.78 Å². The standard InChI is InChI=1S/C22H44O4/c1-20(2)12-8-5-6-10-14-24-16-18-26-19-17-25-15-11-7-9-13-22(23)21(3)4/h20-21H,5-19H2,1-4H3. The van der Waals surface area contributed by atoms with E-state index in [2.05, 4.69) is 13.8 Å². The van der Waals surface area contributed by atoms with E-state index in [-0.39, 0.29) is 5.92 Å². The molecule has 0 saturated carbocycles. The average Bonchev–Trinajstić information content (AvgIpc) is 2.60. The van der Waals surface area contributed by atoms with Gasteiger partial charge in [-0.3, -0.25) is 4.79 Å². The highest BCUT2D eigenvalue weighted by atomic mass is 16.5. The summed E-state index contributed by atoms with van der Waals surface area (Å²) in [5.41, 5.74) is 0. The SMILES string of the molecule is CC(C)CCCCCCOCCOCCOCCCCCC(=O)C(C)C. The number of ether oxygens (including phenoxy) is 3. The molecular weight excluding hydrogens is 328 g/mol. The minimum atomic E-state index is 0.169. The van der Waals surface area contributed by atoms with Gasteiger partial charge >= 0.3 is 0 Å². The molecule has 26 heavy (non-hydrogen) atoms. The Labute approximate surface area is 162 Å². The lowest BCUT2D eigenvalue weighted by Crippen LogP contribution is -2.10. The number of unbranched alkanes of at least 4 members (excludes halogenated alkanes) is 5. The van der Waals surface area contributed by atoms with Crippen molar-refractivity contribution in [2.24, 2.45) is 11.8 Å². The Morgan fingerprint density at radius 3 is 1.58 bits per heavy atom. The molecule has 0 radical (unpaired) electrons. The zero-order valence-electron chi connectivity index (χ0n) is 17.9. The summed E-state index contributed by atoms with van der Waals surface area (Å²) in [6.45, 7) is 12.7. The van der Waals surface area contributed by atoms with Crippen LogP contribution in [0.4, 0.5) is 0 Å². The Balaban J connectivity index is 3.06. The third-order valence-electron chi connectivity index (χ3n) is 4.42. The molecule has 0 aromatic rings. The molecule has 0 rings (SSSR count). The monoisotopic (exact) mass is 372 g/mol. The molecule has 0 bridgehead atoms. The van der Waals surface area contributed by atoms with E-state index < -0.39 is 0 Å². The van der Waals surface area contributed by atoms with E-state index in [1.165, 1.54) is 25.7 Å². The number of hydrogen-bond acceptors (Lipinski definition) is 4. The molecule has 156 valence electrons. The van der Waals surface area contributed by atoms with Crippen molar-refractivity contribution in [3.8, 4) is 0 Å². The zero-order valence-corrected chi connectivity index (χ0v) is 17.9. The fourth-order valence-corrected chi connectivity index (χ4v) is 2.62. The molecule has 0 N–H and O–H groups in total. The summed E-state index contributed by atoms with van der Waals surface area (Å²) in [7, 11) is 0. The Kier molecular flexibility index (Phi) is 19.0. The molecule has 0 saturated heterocycles. The van der Waals surface area contributed by atoms with Gasteiger partial charge in [0.2, 0.25) is 0 Å². The second-order valence-corrected chi connectivity index (χ2v) is 7.87. The summed E-state index contributed by atoms with van der Waals surface area (Å²) in [6, 6.07) is 0. The van der Waals surface area contributed by atoms with Crippen LogP contribution in [0.15, 0.2) is 0 Å². The molecule has 0 aliphatic rings. The van der Waals surface area contributed by atoms with Gasteiger partial charge in [0.25, 0.3) is 0 Å². The van der Waals surface area contributed by atoms with Crippen molar-refractivity contribution < 1.29 is 19.0 Å². The number of rotatable bonds is 20. The summed E-state index contributed by atoms with van der Waals surface area (Å²) in [5.74, 6) is 1.36. The predicted molar refractivity (Wildman–Crippen MR) is 109 cm³/mol. The summed E-state index contributed by atoms with van der Waals surface area (Å²) in [5, 5.41) is 0. The predicted octanol–water partition coefficient (Wildman–Crippen LogP) is 5.43. The molecule has 0 unspecified atom stereocenters. The highest BCUT2D eigenvalue weighted by molar-refractivity contribution is 5.80. The summed E-state index contributed by atoms with van der Waals surface area (Å²) in [4.78, 5) is 11.5. The van der Waals surface area contributed by atoms with E-state index in [4.69, 9.17) is 14.2 Å². The molecule has 4 nitrogen and oxygen atoms in total. The van der Waals surface area contributed by atoms with Gasteiger partial charge in [0.15, 0.2) is 0 Å². The van der Waals surface area contributed by atoms with Crippen LogP contribution in [0.3, 0.4) is 0 Å². The molecule has 0 aromatic heterocycles. The number of Topliss-reactive ketones (excluding diaryl/α,β-unsaturated/α-hetero) is 1. The Hall–Kier alpha value is -0.450. The largest absolute Gasteiger partial charge is 0.379 e. The third kappa shape index (κ3) is 19.9. The van der Waals surface area contributed by atoms with Crippen LogP contribution in [0.5, 0.6) is 0 Å². The van der Waals surface area contributed by atoms with Crippen LogP contribution in [0, 0.1) is 11.8 Å². The van der Waals surface area contributed by atoms with Crippen molar-refractivity contribution >= 4 is 5.78 Å². The fraction of sp³-hybridized carbons (Fsp3) is 0.955. The first-order chi connectivity index (χ1) is 12.5. The first kappa shape index (κ1) is 25.6. The van der Waals surface area contributed by atoms with Gasteiger partial charge < -0.3 is 14.2 Å².